The Balaban J connectivity index is 1.66. The van der Waals surface area contributed by atoms with Crippen molar-refractivity contribution in [2.24, 2.45) is 0 Å². The van der Waals surface area contributed by atoms with Gasteiger partial charge >= 0.3 is 0 Å². The minimum Gasteiger partial charge on any atom is -0.491 e. The summed E-state index contributed by atoms with van der Waals surface area (Å²) in [6.07, 6.45) is 1.81. The van der Waals surface area contributed by atoms with Gasteiger partial charge in [-0.05, 0) is 36.4 Å². The molecular weight excluding hydrogens is 326 g/mol. The normalized spacial score (nSPS) is 10.6. The number of nitrogens with one attached hydrogen (secondary N) is 2. The van der Waals surface area contributed by atoms with Crippen LogP contribution in [0.4, 0.5) is 5.69 Å². The molecule has 0 fully saturated rings. The molecule has 3 rings (SSSR count). The van der Waals surface area contributed by atoms with Crippen molar-refractivity contribution < 1.29 is 9.84 Å². The number of nitrogens with zero attached hydrogens (tertiary/aromatic N) is 1. The molecule has 2 aromatic carbocycles. The van der Waals surface area contributed by atoms with Crippen molar-refractivity contribution in [3.63, 3.8) is 0 Å². The molecule has 0 atom stereocenters. The van der Waals surface area contributed by atoms with E-state index in [2.05, 4.69) is 15.5 Å². The second-order valence-corrected chi connectivity index (χ2v) is 5.67. The van der Waals surface area contributed by atoms with E-state index in [1.54, 1.807) is 0 Å². The second-order valence-electron chi connectivity index (χ2n) is 5.23. The summed E-state index contributed by atoms with van der Waals surface area (Å²) in [6, 6.07) is 15.3. The average Bonchev–Trinajstić information content (AvgIpc) is 3.07. The van der Waals surface area contributed by atoms with E-state index in [0.29, 0.717) is 18.2 Å². The lowest BCUT2D eigenvalue weighted by molar-refractivity contribution is 0.201. The van der Waals surface area contributed by atoms with Gasteiger partial charge in [-0.25, -0.2) is 0 Å². The number of aliphatic hydroxyl groups excluding tert-OH is 1. The largest absolute Gasteiger partial charge is 0.491 e. The number of hydrogen-bond donors (Lipinski definition) is 3. The van der Waals surface area contributed by atoms with Gasteiger partial charge in [-0.2, -0.15) is 5.10 Å². The van der Waals surface area contributed by atoms with Gasteiger partial charge in [0.15, 0.2) is 0 Å². The third kappa shape index (κ3) is 4.07. The number of rotatable bonds is 7. The first-order valence-electron chi connectivity index (χ1n) is 7.62. The van der Waals surface area contributed by atoms with E-state index in [0.717, 1.165) is 28.3 Å². The fourth-order valence-electron chi connectivity index (χ4n) is 2.37. The lowest BCUT2D eigenvalue weighted by Crippen LogP contribution is -2.02. The lowest BCUT2D eigenvalue weighted by Gasteiger charge is -2.09. The highest BCUT2D eigenvalue weighted by Crippen LogP contribution is 2.25. The molecule has 0 spiro atoms. The Morgan fingerprint density at radius 1 is 1.17 bits per heavy atom. The van der Waals surface area contributed by atoms with E-state index in [1.165, 1.54) is 0 Å². The summed E-state index contributed by atoms with van der Waals surface area (Å²) in [5.74, 6) is 0.734. The van der Waals surface area contributed by atoms with Crippen LogP contribution in [0.25, 0.3) is 11.3 Å². The van der Waals surface area contributed by atoms with Crippen molar-refractivity contribution in [1.82, 2.24) is 10.2 Å². The summed E-state index contributed by atoms with van der Waals surface area (Å²) in [6.45, 7) is 0.937. The van der Waals surface area contributed by atoms with Crippen LogP contribution in [0.3, 0.4) is 0 Å². The van der Waals surface area contributed by atoms with E-state index in [1.807, 2.05) is 54.7 Å². The SMILES string of the molecule is OCCOc1ccc(NCc2cn[nH]c2-c2cccc(Cl)c2)cc1. The zero-order valence-corrected chi connectivity index (χ0v) is 13.8. The molecule has 24 heavy (non-hydrogen) atoms. The van der Waals surface area contributed by atoms with E-state index in [9.17, 15) is 0 Å². The van der Waals surface area contributed by atoms with Gasteiger partial charge in [0.2, 0.25) is 0 Å². The third-order valence-corrected chi connectivity index (χ3v) is 3.76. The Kier molecular flexibility index (Phi) is 5.36. The molecule has 0 aliphatic rings. The third-order valence-electron chi connectivity index (χ3n) is 3.53. The number of aromatic nitrogens is 2. The topological polar surface area (TPSA) is 70.2 Å². The number of hydrogen-bond acceptors (Lipinski definition) is 4. The van der Waals surface area contributed by atoms with Crippen LogP contribution in [0.1, 0.15) is 5.56 Å². The standard InChI is InChI=1S/C18H18ClN3O2/c19-15-3-1-2-13(10-15)18-14(12-21-22-18)11-20-16-4-6-17(7-5-16)24-9-8-23/h1-7,10,12,20,23H,8-9,11H2,(H,21,22). The van der Waals surface area contributed by atoms with Gasteiger partial charge < -0.3 is 15.2 Å². The van der Waals surface area contributed by atoms with E-state index in [4.69, 9.17) is 21.4 Å². The summed E-state index contributed by atoms with van der Waals surface area (Å²) in [4.78, 5) is 0. The van der Waals surface area contributed by atoms with Gasteiger partial charge in [-0.3, -0.25) is 5.10 Å². The highest BCUT2D eigenvalue weighted by molar-refractivity contribution is 6.30. The van der Waals surface area contributed by atoms with Gasteiger partial charge in [0.1, 0.15) is 12.4 Å². The lowest BCUT2D eigenvalue weighted by atomic mass is 10.1. The van der Waals surface area contributed by atoms with E-state index < -0.39 is 0 Å². The minimum atomic E-state index is 0.00672. The molecule has 0 radical (unpaired) electrons. The van der Waals surface area contributed by atoms with Crippen LogP contribution in [0.15, 0.2) is 54.7 Å². The van der Waals surface area contributed by atoms with Crippen LogP contribution >= 0.6 is 11.6 Å². The Morgan fingerprint density at radius 3 is 2.75 bits per heavy atom. The maximum absolute atomic E-state index is 8.75. The number of H-pyrrole nitrogens is 1. The predicted molar refractivity (Wildman–Crippen MR) is 95.4 cm³/mol. The maximum atomic E-state index is 8.75. The quantitative estimate of drug-likeness (QED) is 0.611. The van der Waals surface area contributed by atoms with E-state index in [-0.39, 0.29) is 6.61 Å². The van der Waals surface area contributed by atoms with Crippen LogP contribution in [-0.2, 0) is 6.54 Å². The summed E-state index contributed by atoms with van der Waals surface area (Å²) in [7, 11) is 0. The van der Waals surface area contributed by atoms with Gasteiger partial charge in [0.25, 0.3) is 0 Å². The number of aromatic amines is 1. The maximum Gasteiger partial charge on any atom is 0.119 e. The fourth-order valence-corrected chi connectivity index (χ4v) is 2.56. The van der Waals surface area contributed by atoms with E-state index >= 15 is 0 Å². The van der Waals surface area contributed by atoms with Crippen LogP contribution in [0.2, 0.25) is 5.02 Å². The first-order valence-corrected chi connectivity index (χ1v) is 8.00. The summed E-state index contributed by atoms with van der Waals surface area (Å²) >= 11 is 6.06. The molecule has 6 heteroatoms. The summed E-state index contributed by atoms with van der Waals surface area (Å²) in [5.41, 5.74) is 3.99. The second kappa shape index (κ2) is 7.86. The van der Waals surface area contributed by atoms with Crippen molar-refractivity contribution in [2.75, 3.05) is 18.5 Å². The fraction of sp³-hybridized carbons (Fsp3) is 0.167. The monoisotopic (exact) mass is 343 g/mol. The predicted octanol–water partition coefficient (Wildman–Crippen LogP) is 3.71. The molecule has 1 aromatic heterocycles. The highest BCUT2D eigenvalue weighted by atomic mass is 35.5. The van der Waals surface area contributed by atoms with Crippen LogP contribution in [0.5, 0.6) is 5.75 Å². The first kappa shape index (κ1) is 16.4. The van der Waals surface area contributed by atoms with Crippen LogP contribution in [0, 0.1) is 0 Å². The molecule has 1 heterocycles. The molecule has 0 bridgehead atoms. The number of benzene rings is 2. The number of aliphatic hydroxyl groups is 1. The summed E-state index contributed by atoms with van der Waals surface area (Å²) < 4.78 is 5.34. The Labute approximate surface area is 145 Å². The smallest absolute Gasteiger partial charge is 0.119 e. The van der Waals surface area contributed by atoms with Crippen LogP contribution < -0.4 is 10.1 Å². The average molecular weight is 344 g/mol. The zero-order chi connectivity index (χ0) is 16.8. The van der Waals surface area contributed by atoms with Crippen molar-refractivity contribution in [3.8, 4) is 17.0 Å². The Bertz CT molecular complexity index is 787. The number of ether oxygens (including phenoxy) is 1. The molecule has 0 amide bonds. The minimum absolute atomic E-state index is 0.00672. The molecule has 0 unspecified atom stereocenters. The zero-order valence-electron chi connectivity index (χ0n) is 13.0. The number of halogens is 1. The first-order chi connectivity index (χ1) is 11.8. The summed E-state index contributed by atoms with van der Waals surface area (Å²) in [5, 5.41) is 20.0. The van der Waals surface area contributed by atoms with Crippen molar-refractivity contribution in [2.45, 2.75) is 6.54 Å². The van der Waals surface area contributed by atoms with Gasteiger partial charge in [-0.1, -0.05) is 23.7 Å². The molecule has 5 nitrogen and oxygen atoms in total. The van der Waals surface area contributed by atoms with Crippen molar-refractivity contribution >= 4 is 17.3 Å². The molecule has 0 saturated heterocycles. The van der Waals surface area contributed by atoms with Gasteiger partial charge in [-0.15, -0.1) is 0 Å². The Hall–Kier alpha value is -2.50. The molecule has 3 N–H and O–H groups in total. The molecule has 0 aliphatic heterocycles. The van der Waals surface area contributed by atoms with Gasteiger partial charge in [0.05, 0.1) is 18.5 Å². The van der Waals surface area contributed by atoms with Gasteiger partial charge in [0, 0.05) is 28.4 Å². The molecule has 0 saturated carbocycles. The van der Waals surface area contributed by atoms with Crippen LogP contribution in [-0.4, -0.2) is 28.5 Å². The Morgan fingerprint density at radius 2 is 2.00 bits per heavy atom. The number of anilines is 1. The molecule has 124 valence electrons. The molecular formula is C18H18ClN3O2. The highest BCUT2D eigenvalue weighted by Gasteiger charge is 2.08. The molecule has 3 aromatic rings. The molecule has 0 aliphatic carbocycles. The van der Waals surface area contributed by atoms with Crippen molar-refractivity contribution in [1.29, 1.82) is 0 Å². The van der Waals surface area contributed by atoms with Crippen molar-refractivity contribution in [3.05, 3.63) is 65.3 Å².